The van der Waals surface area contributed by atoms with E-state index in [1.807, 2.05) is 13.8 Å². The lowest BCUT2D eigenvalue weighted by atomic mass is 9.79. The molecule has 10 heteroatoms. The van der Waals surface area contributed by atoms with Crippen molar-refractivity contribution in [1.82, 2.24) is 4.98 Å². The number of benzene rings is 1. The van der Waals surface area contributed by atoms with Crippen molar-refractivity contribution in [2.24, 2.45) is 0 Å². The molecule has 1 aliphatic rings. The third-order valence-electron chi connectivity index (χ3n) is 3.83. The Morgan fingerprint density at radius 2 is 2.14 bits per heavy atom. The van der Waals surface area contributed by atoms with Gasteiger partial charge in [0.1, 0.15) is 18.2 Å². The lowest BCUT2D eigenvalue weighted by Gasteiger charge is -2.13. The van der Waals surface area contributed by atoms with Gasteiger partial charge in [-0.3, -0.25) is 0 Å². The lowest BCUT2D eigenvalue weighted by Crippen LogP contribution is -2.31. The molecule has 0 saturated heterocycles. The Balaban J connectivity index is 1.81. The number of halogens is 2. The average molecular weight is 407 g/mol. The van der Waals surface area contributed by atoms with Gasteiger partial charge < -0.3 is 23.9 Å². The van der Waals surface area contributed by atoms with Crippen LogP contribution in [0.3, 0.4) is 0 Å². The standard InChI is InChI=1S/C18H17BClFN2O5/c1-10(2)25-4-5-26-18-15(22-3)8-13(20)17(23-18)28-12-6-11-9-27-19(24)16(11)14(21)7-12/h6-8,10,24H,4-5,9H2,1-2H3. The van der Waals surface area contributed by atoms with E-state index in [0.29, 0.717) is 12.2 Å². The molecule has 28 heavy (non-hydrogen) atoms. The monoisotopic (exact) mass is 406 g/mol. The summed E-state index contributed by atoms with van der Waals surface area (Å²) in [6.07, 6.45) is 0.0539. The molecule has 0 atom stereocenters. The van der Waals surface area contributed by atoms with Crippen LogP contribution in [0.4, 0.5) is 10.1 Å². The maximum Gasteiger partial charge on any atom is 0.494 e. The Labute approximate surface area is 166 Å². The van der Waals surface area contributed by atoms with Crippen molar-refractivity contribution in [2.75, 3.05) is 13.2 Å². The van der Waals surface area contributed by atoms with Gasteiger partial charge in [-0.1, -0.05) is 11.6 Å². The molecule has 0 unspecified atom stereocenters. The summed E-state index contributed by atoms with van der Waals surface area (Å²) in [6, 6.07) is 4.01. The fraction of sp³-hybridized carbons (Fsp3) is 0.333. The molecule has 2 heterocycles. The molecule has 1 aromatic carbocycles. The quantitative estimate of drug-likeness (QED) is 0.432. The van der Waals surface area contributed by atoms with E-state index >= 15 is 0 Å². The summed E-state index contributed by atoms with van der Waals surface area (Å²) >= 11 is 6.14. The normalized spacial score (nSPS) is 12.8. The van der Waals surface area contributed by atoms with Crippen LogP contribution in [0, 0.1) is 12.4 Å². The van der Waals surface area contributed by atoms with Crippen LogP contribution >= 0.6 is 11.6 Å². The summed E-state index contributed by atoms with van der Waals surface area (Å²) in [5.74, 6) is -0.517. The van der Waals surface area contributed by atoms with Gasteiger partial charge in [0.2, 0.25) is 17.4 Å². The molecular formula is C18H17BClFN2O5. The van der Waals surface area contributed by atoms with Crippen molar-refractivity contribution in [1.29, 1.82) is 0 Å². The molecule has 7 nitrogen and oxygen atoms in total. The predicted molar refractivity (Wildman–Crippen MR) is 101 cm³/mol. The topological polar surface area (TPSA) is 74.4 Å². The summed E-state index contributed by atoms with van der Waals surface area (Å²) in [5, 5.41) is 9.70. The second kappa shape index (κ2) is 8.75. The molecule has 146 valence electrons. The Morgan fingerprint density at radius 1 is 1.36 bits per heavy atom. The van der Waals surface area contributed by atoms with Gasteiger partial charge in [0.05, 0.1) is 30.9 Å². The van der Waals surface area contributed by atoms with Gasteiger partial charge in [0.15, 0.2) is 0 Å². The average Bonchev–Trinajstić information content (AvgIpc) is 3.02. The number of rotatable bonds is 7. The van der Waals surface area contributed by atoms with Crippen molar-refractivity contribution in [3.05, 3.63) is 46.0 Å². The van der Waals surface area contributed by atoms with Crippen LogP contribution in [0.5, 0.6) is 17.5 Å². The van der Waals surface area contributed by atoms with Crippen molar-refractivity contribution in [3.63, 3.8) is 0 Å². The van der Waals surface area contributed by atoms with E-state index in [1.54, 1.807) is 0 Å². The molecule has 0 radical (unpaired) electrons. The number of fused-ring (bicyclic) bond motifs is 1. The molecule has 1 N–H and O–H groups in total. The number of hydrogen-bond donors (Lipinski definition) is 1. The van der Waals surface area contributed by atoms with Crippen LogP contribution in [-0.2, 0) is 16.0 Å². The minimum absolute atomic E-state index is 0.0346. The largest absolute Gasteiger partial charge is 0.494 e. The number of ether oxygens (including phenoxy) is 3. The molecule has 0 saturated carbocycles. The van der Waals surface area contributed by atoms with Crippen molar-refractivity contribution >= 4 is 29.9 Å². The molecular weight excluding hydrogens is 389 g/mol. The second-order valence-corrected chi connectivity index (χ2v) is 6.63. The summed E-state index contributed by atoms with van der Waals surface area (Å²) < 4.78 is 35.7. The highest BCUT2D eigenvalue weighted by Crippen LogP contribution is 2.37. The van der Waals surface area contributed by atoms with Crippen LogP contribution in [-0.4, -0.2) is 36.4 Å². The van der Waals surface area contributed by atoms with Gasteiger partial charge in [0, 0.05) is 11.5 Å². The van der Waals surface area contributed by atoms with E-state index in [4.69, 9.17) is 37.0 Å². The number of aromatic nitrogens is 1. The number of pyridine rings is 1. The zero-order valence-corrected chi connectivity index (χ0v) is 16.0. The van der Waals surface area contributed by atoms with Crippen LogP contribution < -0.4 is 14.9 Å². The molecule has 1 aliphatic heterocycles. The molecule has 2 aromatic rings. The summed E-state index contributed by atoms with van der Waals surface area (Å²) in [4.78, 5) is 7.48. The first-order valence-corrected chi connectivity index (χ1v) is 8.89. The van der Waals surface area contributed by atoms with Crippen LogP contribution in [0.25, 0.3) is 4.85 Å². The van der Waals surface area contributed by atoms with E-state index in [1.165, 1.54) is 12.1 Å². The molecule has 0 aliphatic carbocycles. The number of hydrogen-bond acceptors (Lipinski definition) is 6. The van der Waals surface area contributed by atoms with Crippen LogP contribution in [0.2, 0.25) is 5.02 Å². The van der Waals surface area contributed by atoms with E-state index < -0.39 is 12.9 Å². The smallest absolute Gasteiger partial charge is 0.484 e. The SMILES string of the molecule is [C-]#[N+]c1cc(Cl)c(Oc2cc(F)c3c(c2)COB3O)nc1OCCOC(C)C. The second-order valence-electron chi connectivity index (χ2n) is 6.22. The van der Waals surface area contributed by atoms with Crippen molar-refractivity contribution in [3.8, 4) is 17.5 Å². The molecule has 0 fully saturated rings. The lowest BCUT2D eigenvalue weighted by molar-refractivity contribution is 0.0543. The minimum Gasteiger partial charge on any atom is -0.484 e. The van der Waals surface area contributed by atoms with Gasteiger partial charge in [0.25, 0.3) is 0 Å². The Morgan fingerprint density at radius 3 is 2.86 bits per heavy atom. The first-order valence-electron chi connectivity index (χ1n) is 8.51. The van der Waals surface area contributed by atoms with E-state index in [9.17, 15) is 9.41 Å². The van der Waals surface area contributed by atoms with Crippen molar-refractivity contribution in [2.45, 2.75) is 26.6 Å². The summed E-state index contributed by atoms with van der Waals surface area (Å²) in [7, 11) is -1.29. The summed E-state index contributed by atoms with van der Waals surface area (Å²) in [6.45, 7) is 11.6. The number of nitrogens with zero attached hydrogens (tertiary/aromatic N) is 2. The minimum atomic E-state index is -1.29. The maximum absolute atomic E-state index is 14.2. The third-order valence-corrected chi connectivity index (χ3v) is 4.10. The summed E-state index contributed by atoms with van der Waals surface area (Å²) in [5.41, 5.74) is 0.682. The Hall–Kier alpha value is -2.38. The van der Waals surface area contributed by atoms with Gasteiger partial charge in [-0.25, -0.2) is 9.24 Å². The highest BCUT2D eigenvalue weighted by Gasteiger charge is 2.31. The van der Waals surface area contributed by atoms with E-state index in [0.717, 1.165) is 6.07 Å². The zero-order valence-electron chi connectivity index (χ0n) is 15.2. The molecule has 3 rings (SSSR count). The Bertz CT molecular complexity index is 922. The van der Waals surface area contributed by atoms with Gasteiger partial charge in [-0.05, 0) is 31.5 Å². The fourth-order valence-corrected chi connectivity index (χ4v) is 2.78. The zero-order chi connectivity index (χ0) is 20.3. The maximum atomic E-state index is 14.2. The third kappa shape index (κ3) is 4.54. The van der Waals surface area contributed by atoms with Gasteiger partial charge in [-0.2, -0.15) is 4.98 Å². The Kier molecular flexibility index (Phi) is 6.37. The van der Waals surface area contributed by atoms with Crippen LogP contribution in [0.1, 0.15) is 19.4 Å². The molecule has 0 spiro atoms. The highest BCUT2D eigenvalue weighted by atomic mass is 35.5. The van der Waals surface area contributed by atoms with Gasteiger partial charge >= 0.3 is 7.12 Å². The van der Waals surface area contributed by atoms with E-state index in [2.05, 4.69) is 9.83 Å². The van der Waals surface area contributed by atoms with Gasteiger partial charge in [-0.15, -0.1) is 0 Å². The van der Waals surface area contributed by atoms with Crippen LogP contribution in [0.15, 0.2) is 18.2 Å². The first kappa shape index (κ1) is 20.4. The molecule has 0 bridgehead atoms. The fourth-order valence-electron chi connectivity index (χ4n) is 2.59. The highest BCUT2D eigenvalue weighted by molar-refractivity contribution is 6.61. The molecule has 1 aromatic heterocycles. The predicted octanol–water partition coefficient (Wildman–Crippen LogP) is 3.24. The van der Waals surface area contributed by atoms with E-state index in [-0.39, 0.29) is 53.0 Å². The molecule has 0 amide bonds. The first-order chi connectivity index (χ1) is 13.4. The van der Waals surface area contributed by atoms with Crippen molar-refractivity contribution < 1.29 is 28.3 Å².